The summed E-state index contributed by atoms with van der Waals surface area (Å²) in [6.45, 7) is 0. The molecule has 0 fully saturated rings. The Balaban J connectivity index is 2.72. The van der Waals surface area contributed by atoms with Crippen molar-refractivity contribution in [1.82, 2.24) is 0 Å². The fourth-order valence-electron chi connectivity index (χ4n) is 1.58. The molecule has 0 saturated carbocycles. The van der Waals surface area contributed by atoms with E-state index in [2.05, 4.69) is 15.9 Å². The van der Waals surface area contributed by atoms with Crippen molar-refractivity contribution in [2.75, 3.05) is 5.73 Å². The molecule has 0 amide bonds. The molecule has 2 rings (SSSR count). The van der Waals surface area contributed by atoms with Crippen molar-refractivity contribution < 1.29 is 4.79 Å². The second kappa shape index (κ2) is 2.59. The van der Waals surface area contributed by atoms with Gasteiger partial charge >= 0.3 is 0 Å². The highest BCUT2D eigenvalue weighted by atomic mass is 79.9. The first kappa shape index (κ1) is 7.80. The fourth-order valence-corrected chi connectivity index (χ4v) is 2.11. The molecule has 0 atom stereocenters. The van der Waals surface area contributed by atoms with E-state index in [4.69, 9.17) is 5.73 Å². The minimum atomic E-state index is 0.170. The van der Waals surface area contributed by atoms with Gasteiger partial charge in [-0.1, -0.05) is 15.9 Å². The molecule has 0 saturated heterocycles. The smallest absolute Gasteiger partial charge is 0.165 e. The Morgan fingerprint density at radius 2 is 2.08 bits per heavy atom. The molecule has 2 N–H and O–H groups in total. The standard InChI is InChI=1S/C9H8BrNO/c10-6-2-3-7(11)9-5(6)1-4-8(9)12/h2-3H,1,4,11H2. The largest absolute Gasteiger partial charge is 0.398 e. The van der Waals surface area contributed by atoms with Crippen LogP contribution in [0.4, 0.5) is 5.69 Å². The van der Waals surface area contributed by atoms with Gasteiger partial charge in [-0.15, -0.1) is 0 Å². The Morgan fingerprint density at radius 1 is 1.33 bits per heavy atom. The van der Waals surface area contributed by atoms with E-state index in [1.165, 1.54) is 0 Å². The van der Waals surface area contributed by atoms with Crippen LogP contribution in [0.15, 0.2) is 16.6 Å². The molecule has 0 aromatic heterocycles. The Labute approximate surface area is 78.9 Å². The van der Waals surface area contributed by atoms with E-state index in [0.717, 1.165) is 22.0 Å². The zero-order valence-corrected chi connectivity index (χ0v) is 8.02. The molecule has 0 heterocycles. The van der Waals surface area contributed by atoms with Gasteiger partial charge in [-0.05, 0) is 24.1 Å². The van der Waals surface area contributed by atoms with Gasteiger partial charge in [0.15, 0.2) is 5.78 Å². The van der Waals surface area contributed by atoms with Crippen LogP contribution >= 0.6 is 15.9 Å². The summed E-state index contributed by atoms with van der Waals surface area (Å²) in [5, 5.41) is 0. The number of fused-ring (bicyclic) bond motifs is 1. The van der Waals surface area contributed by atoms with Crippen molar-refractivity contribution in [3.63, 3.8) is 0 Å². The van der Waals surface area contributed by atoms with Crippen molar-refractivity contribution in [2.24, 2.45) is 0 Å². The molecule has 1 aromatic rings. The molecule has 0 unspecified atom stereocenters. The van der Waals surface area contributed by atoms with Gasteiger partial charge in [0.2, 0.25) is 0 Å². The Bertz CT molecular complexity index is 360. The van der Waals surface area contributed by atoms with Gasteiger partial charge in [0.1, 0.15) is 0 Å². The number of ketones is 1. The topological polar surface area (TPSA) is 43.1 Å². The van der Waals surface area contributed by atoms with Gasteiger partial charge in [0.25, 0.3) is 0 Å². The van der Waals surface area contributed by atoms with Crippen LogP contribution < -0.4 is 5.73 Å². The zero-order chi connectivity index (χ0) is 8.72. The molecule has 0 aliphatic heterocycles. The number of benzene rings is 1. The van der Waals surface area contributed by atoms with E-state index in [-0.39, 0.29) is 5.78 Å². The summed E-state index contributed by atoms with van der Waals surface area (Å²) in [6, 6.07) is 3.67. The van der Waals surface area contributed by atoms with Crippen LogP contribution in [0.25, 0.3) is 0 Å². The molecule has 1 aliphatic carbocycles. The minimum absolute atomic E-state index is 0.170. The second-order valence-electron chi connectivity index (χ2n) is 2.91. The molecular weight excluding hydrogens is 218 g/mol. The number of Topliss-reactive ketones (excluding diaryl/α,β-unsaturated/α-hetero) is 1. The lowest BCUT2D eigenvalue weighted by molar-refractivity contribution is 0.0995. The van der Waals surface area contributed by atoms with Crippen LogP contribution in [-0.2, 0) is 6.42 Å². The molecule has 2 nitrogen and oxygen atoms in total. The third kappa shape index (κ3) is 0.966. The summed E-state index contributed by atoms with van der Waals surface area (Å²) in [4.78, 5) is 11.3. The van der Waals surface area contributed by atoms with Crippen LogP contribution in [0, 0.1) is 0 Å². The molecule has 0 bridgehead atoms. The first-order valence-electron chi connectivity index (χ1n) is 3.80. The summed E-state index contributed by atoms with van der Waals surface area (Å²) < 4.78 is 0.998. The van der Waals surface area contributed by atoms with E-state index in [1.54, 1.807) is 6.07 Å². The van der Waals surface area contributed by atoms with E-state index in [0.29, 0.717) is 12.1 Å². The molecule has 0 spiro atoms. The van der Waals surface area contributed by atoms with Crippen LogP contribution in [-0.4, -0.2) is 5.78 Å². The maximum Gasteiger partial charge on any atom is 0.165 e. The Kier molecular flexibility index (Phi) is 1.68. The lowest BCUT2D eigenvalue weighted by atomic mass is 10.1. The molecule has 1 aromatic carbocycles. The molecule has 3 heteroatoms. The second-order valence-corrected chi connectivity index (χ2v) is 3.77. The Hall–Kier alpha value is -0.830. The van der Waals surface area contributed by atoms with Gasteiger partial charge in [-0.2, -0.15) is 0 Å². The number of anilines is 1. The number of nitrogens with two attached hydrogens (primary N) is 1. The van der Waals surface area contributed by atoms with E-state index < -0.39 is 0 Å². The average molecular weight is 226 g/mol. The van der Waals surface area contributed by atoms with E-state index in [9.17, 15) is 4.79 Å². The quantitative estimate of drug-likeness (QED) is 0.689. The SMILES string of the molecule is Nc1ccc(Br)c2c1C(=O)CC2. The number of carbonyl (C=O) groups excluding carboxylic acids is 1. The number of halogens is 1. The highest BCUT2D eigenvalue weighted by Gasteiger charge is 2.23. The summed E-state index contributed by atoms with van der Waals surface area (Å²) in [6.07, 6.45) is 1.42. The minimum Gasteiger partial charge on any atom is -0.398 e. The molecular formula is C9H8BrNO. The van der Waals surface area contributed by atoms with Crippen molar-refractivity contribution in [3.05, 3.63) is 27.7 Å². The highest BCUT2D eigenvalue weighted by molar-refractivity contribution is 9.10. The maximum absolute atomic E-state index is 11.3. The van der Waals surface area contributed by atoms with Gasteiger partial charge in [0.05, 0.1) is 0 Å². The van der Waals surface area contributed by atoms with Gasteiger partial charge in [-0.3, -0.25) is 4.79 Å². The lowest BCUT2D eigenvalue weighted by Gasteiger charge is -2.03. The third-order valence-corrected chi connectivity index (χ3v) is 2.91. The number of rotatable bonds is 0. The van der Waals surface area contributed by atoms with Crippen molar-refractivity contribution in [2.45, 2.75) is 12.8 Å². The van der Waals surface area contributed by atoms with Gasteiger partial charge < -0.3 is 5.73 Å². The third-order valence-electron chi connectivity index (χ3n) is 2.17. The first-order chi connectivity index (χ1) is 5.70. The van der Waals surface area contributed by atoms with Crippen LogP contribution in [0.3, 0.4) is 0 Å². The first-order valence-corrected chi connectivity index (χ1v) is 4.59. The van der Waals surface area contributed by atoms with Crippen molar-refractivity contribution in [3.8, 4) is 0 Å². The average Bonchev–Trinajstić information content (AvgIpc) is 2.42. The number of hydrogen-bond donors (Lipinski definition) is 1. The molecule has 0 radical (unpaired) electrons. The number of hydrogen-bond acceptors (Lipinski definition) is 2. The normalized spacial score (nSPS) is 14.9. The van der Waals surface area contributed by atoms with E-state index >= 15 is 0 Å². The zero-order valence-electron chi connectivity index (χ0n) is 6.43. The molecule has 62 valence electrons. The summed E-state index contributed by atoms with van der Waals surface area (Å²) in [7, 11) is 0. The Morgan fingerprint density at radius 3 is 2.75 bits per heavy atom. The van der Waals surface area contributed by atoms with Crippen LogP contribution in [0.1, 0.15) is 22.3 Å². The lowest BCUT2D eigenvalue weighted by Crippen LogP contribution is -1.98. The molecule has 1 aliphatic rings. The van der Waals surface area contributed by atoms with Crippen LogP contribution in [0.2, 0.25) is 0 Å². The summed E-state index contributed by atoms with van der Waals surface area (Å²) in [5.41, 5.74) is 8.09. The highest BCUT2D eigenvalue weighted by Crippen LogP contribution is 2.32. The summed E-state index contributed by atoms with van der Waals surface area (Å²) >= 11 is 3.40. The summed E-state index contributed by atoms with van der Waals surface area (Å²) in [5.74, 6) is 0.170. The van der Waals surface area contributed by atoms with E-state index in [1.807, 2.05) is 6.07 Å². The predicted octanol–water partition coefficient (Wildman–Crippen LogP) is 2.16. The van der Waals surface area contributed by atoms with Gasteiger partial charge in [-0.25, -0.2) is 0 Å². The van der Waals surface area contributed by atoms with Crippen molar-refractivity contribution in [1.29, 1.82) is 0 Å². The van der Waals surface area contributed by atoms with Gasteiger partial charge in [0, 0.05) is 22.1 Å². The maximum atomic E-state index is 11.3. The predicted molar refractivity (Wildman–Crippen MR) is 51.2 cm³/mol. The molecule has 12 heavy (non-hydrogen) atoms. The number of nitrogen functional groups attached to an aromatic ring is 1. The monoisotopic (exact) mass is 225 g/mol. The number of carbonyl (C=O) groups is 1. The fraction of sp³-hybridized carbons (Fsp3) is 0.222. The van der Waals surface area contributed by atoms with Crippen molar-refractivity contribution >= 4 is 27.4 Å². The van der Waals surface area contributed by atoms with Crippen LogP contribution in [0.5, 0.6) is 0 Å².